The number of carbonyl (C=O) groups excluding carboxylic acids is 3. The number of benzene rings is 3. The Hall–Kier alpha value is -4.37. The molecule has 0 bridgehead atoms. The normalized spacial score (nSPS) is 14.0. The van der Waals surface area contributed by atoms with Crippen molar-refractivity contribution < 1.29 is 28.2 Å². The summed E-state index contributed by atoms with van der Waals surface area (Å²) in [6.07, 6.45) is 1.47. The fraction of sp³-hybridized carbons (Fsp3) is 0.148. The number of urea groups is 1. The standard InChI is InChI=1S/C27H23ClFN3O5/c1-2-36-24-14-17(11-12-23(24)37-16-18-7-3-4-8-19(18)28)13-22-26(34)32(27(35)31-22)15-25(33)30-21-10-6-5-9-20(21)29/h3-14H,2,15-16H2,1H3,(H,30,33)(H,31,35)/b22-13+. The number of ether oxygens (including phenoxy) is 2. The molecule has 37 heavy (non-hydrogen) atoms. The molecule has 0 aliphatic carbocycles. The third-order valence-electron chi connectivity index (χ3n) is 5.33. The highest BCUT2D eigenvalue weighted by Gasteiger charge is 2.35. The number of halogens is 2. The maximum Gasteiger partial charge on any atom is 0.329 e. The molecule has 1 heterocycles. The molecule has 0 spiro atoms. The Morgan fingerprint density at radius 3 is 2.57 bits per heavy atom. The van der Waals surface area contributed by atoms with Crippen LogP contribution in [0.4, 0.5) is 14.9 Å². The van der Waals surface area contributed by atoms with E-state index in [1.807, 2.05) is 25.1 Å². The van der Waals surface area contributed by atoms with Gasteiger partial charge in [0.05, 0.1) is 12.3 Å². The van der Waals surface area contributed by atoms with Crippen LogP contribution in [0.25, 0.3) is 6.08 Å². The van der Waals surface area contributed by atoms with Crippen LogP contribution in [0.1, 0.15) is 18.1 Å². The maximum atomic E-state index is 13.8. The third kappa shape index (κ3) is 6.25. The molecule has 190 valence electrons. The molecule has 0 aromatic heterocycles. The van der Waals surface area contributed by atoms with Crippen molar-refractivity contribution in [3.63, 3.8) is 0 Å². The first-order chi connectivity index (χ1) is 17.9. The number of hydrogen-bond acceptors (Lipinski definition) is 5. The van der Waals surface area contributed by atoms with Crippen molar-refractivity contribution in [1.29, 1.82) is 0 Å². The molecule has 4 rings (SSSR count). The Morgan fingerprint density at radius 2 is 1.81 bits per heavy atom. The van der Waals surface area contributed by atoms with E-state index in [1.165, 1.54) is 24.3 Å². The molecule has 3 aromatic carbocycles. The second-order valence-electron chi connectivity index (χ2n) is 7.93. The van der Waals surface area contributed by atoms with Crippen LogP contribution in [0.15, 0.2) is 72.4 Å². The van der Waals surface area contributed by atoms with Crippen LogP contribution in [0, 0.1) is 5.82 Å². The van der Waals surface area contributed by atoms with E-state index in [0.29, 0.717) is 28.7 Å². The van der Waals surface area contributed by atoms with Crippen LogP contribution < -0.4 is 20.1 Å². The van der Waals surface area contributed by atoms with Gasteiger partial charge in [0.1, 0.15) is 24.7 Å². The lowest BCUT2D eigenvalue weighted by molar-refractivity contribution is -0.127. The predicted molar refractivity (Wildman–Crippen MR) is 137 cm³/mol. The lowest BCUT2D eigenvalue weighted by Gasteiger charge is -2.13. The van der Waals surface area contributed by atoms with E-state index < -0.39 is 30.2 Å². The van der Waals surface area contributed by atoms with Crippen molar-refractivity contribution in [2.24, 2.45) is 0 Å². The zero-order valence-electron chi connectivity index (χ0n) is 19.8. The molecule has 0 saturated carbocycles. The number of rotatable bonds is 9. The fourth-order valence-corrected chi connectivity index (χ4v) is 3.74. The molecule has 4 amide bonds. The van der Waals surface area contributed by atoms with E-state index in [1.54, 1.807) is 30.3 Å². The number of imide groups is 1. The first kappa shape index (κ1) is 25.7. The molecule has 1 saturated heterocycles. The van der Waals surface area contributed by atoms with Crippen LogP contribution in [-0.4, -0.2) is 35.9 Å². The van der Waals surface area contributed by atoms with Crippen LogP contribution in [-0.2, 0) is 16.2 Å². The number of nitrogens with one attached hydrogen (secondary N) is 2. The smallest absolute Gasteiger partial charge is 0.329 e. The summed E-state index contributed by atoms with van der Waals surface area (Å²) >= 11 is 6.20. The summed E-state index contributed by atoms with van der Waals surface area (Å²) in [4.78, 5) is 38.2. The van der Waals surface area contributed by atoms with Crippen molar-refractivity contribution in [3.8, 4) is 11.5 Å². The predicted octanol–water partition coefficient (Wildman–Crippen LogP) is 4.99. The van der Waals surface area contributed by atoms with Gasteiger partial charge in [-0.3, -0.25) is 9.59 Å². The highest BCUT2D eigenvalue weighted by atomic mass is 35.5. The lowest BCUT2D eigenvalue weighted by atomic mass is 10.1. The van der Waals surface area contributed by atoms with E-state index in [-0.39, 0.29) is 18.0 Å². The molecule has 3 aromatic rings. The first-order valence-electron chi connectivity index (χ1n) is 11.4. The number of hydrogen-bond donors (Lipinski definition) is 2. The molecule has 0 radical (unpaired) electrons. The van der Waals surface area contributed by atoms with Gasteiger partial charge in [-0.2, -0.15) is 0 Å². The molecular formula is C27H23ClFN3O5. The van der Waals surface area contributed by atoms with Gasteiger partial charge in [0.25, 0.3) is 5.91 Å². The van der Waals surface area contributed by atoms with E-state index in [9.17, 15) is 18.8 Å². The SMILES string of the molecule is CCOc1cc(/C=C2/NC(=O)N(CC(=O)Nc3ccccc3F)C2=O)ccc1OCc1ccccc1Cl. The highest BCUT2D eigenvalue weighted by Crippen LogP contribution is 2.31. The summed E-state index contributed by atoms with van der Waals surface area (Å²) < 4.78 is 25.4. The highest BCUT2D eigenvalue weighted by molar-refractivity contribution is 6.31. The summed E-state index contributed by atoms with van der Waals surface area (Å²) in [7, 11) is 0. The van der Waals surface area contributed by atoms with E-state index in [0.717, 1.165) is 10.5 Å². The van der Waals surface area contributed by atoms with Crippen molar-refractivity contribution in [1.82, 2.24) is 10.2 Å². The second-order valence-corrected chi connectivity index (χ2v) is 8.33. The maximum absolute atomic E-state index is 13.8. The van der Waals surface area contributed by atoms with Gasteiger partial charge >= 0.3 is 6.03 Å². The minimum atomic E-state index is -0.760. The van der Waals surface area contributed by atoms with Gasteiger partial charge in [-0.1, -0.05) is 48.0 Å². The van der Waals surface area contributed by atoms with Gasteiger partial charge in [-0.15, -0.1) is 0 Å². The van der Waals surface area contributed by atoms with E-state index in [4.69, 9.17) is 21.1 Å². The van der Waals surface area contributed by atoms with Crippen molar-refractivity contribution in [2.45, 2.75) is 13.5 Å². The Morgan fingerprint density at radius 1 is 1.05 bits per heavy atom. The first-order valence-corrected chi connectivity index (χ1v) is 11.8. The van der Waals surface area contributed by atoms with E-state index in [2.05, 4.69) is 10.6 Å². The lowest BCUT2D eigenvalue weighted by Crippen LogP contribution is -2.38. The fourth-order valence-electron chi connectivity index (χ4n) is 3.55. The average molecular weight is 524 g/mol. The molecule has 1 aliphatic heterocycles. The molecule has 8 nitrogen and oxygen atoms in total. The Bertz CT molecular complexity index is 1380. The number of carbonyl (C=O) groups is 3. The van der Waals surface area contributed by atoms with Gasteiger partial charge in [0.2, 0.25) is 5.91 Å². The van der Waals surface area contributed by atoms with Crippen molar-refractivity contribution in [3.05, 3.63) is 94.4 Å². The molecule has 10 heteroatoms. The summed E-state index contributed by atoms with van der Waals surface area (Å²) in [5.41, 5.74) is 1.32. The molecular weight excluding hydrogens is 501 g/mol. The minimum absolute atomic E-state index is 0.0177. The Labute approximate surface area is 217 Å². The van der Waals surface area contributed by atoms with Crippen LogP contribution >= 0.6 is 11.6 Å². The molecule has 0 unspecified atom stereocenters. The van der Waals surface area contributed by atoms with Crippen LogP contribution in [0.5, 0.6) is 11.5 Å². The minimum Gasteiger partial charge on any atom is -0.490 e. The van der Waals surface area contributed by atoms with Gasteiger partial charge in [0.15, 0.2) is 11.5 Å². The summed E-state index contributed by atoms with van der Waals surface area (Å²) in [6, 6.07) is 17.2. The Balaban J connectivity index is 1.46. The number of anilines is 1. The largest absolute Gasteiger partial charge is 0.490 e. The number of nitrogens with zero attached hydrogens (tertiary/aromatic N) is 1. The molecule has 0 atom stereocenters. The van der Waals surface area contributed by atoms with Gasteiger partial charge in [-0.25, -0.2) is 14.1 Å². The van der Waals surface area contributed by atoms with Gasteiger partial charge in [0, 0.05) is 10.6 Å². The van der Waals surface area contributed by atoms with Gasteiger partial charge < -0.3 is 20.1 Å². The zero-order valence-corrected chi connectivity index (χ0v) is 20.5. The average Bonchev–Trinajstić information content (AvgIpc) is 3.13. The number of para-hydroxylation sites is 1. The third-order valence-corrected chi connectivity index (χ3v) is 5.70. The molecule has 1 fully saturated rings. The Kier molecular flexibility index (Phi) is 8.05. The summed E-state index contributed by atoms with van der Waals surface area (Å²) in [5.74, 6) is -1.10. The topological polar surface area (TPSA) is 97.0 Å². The number of amides is 4. The van der Waals surface area contributed by atoms with Crippen molar-refractivity contribution >= 4 is 41.2 Å². The van der Waals surface area contributed by atoms with Crippen LogP contribution in [0.2, 0.25) is 5.02 Å². The summed E-state index contributed by atoms with van der Waals surface area (Å²) in [5, 5.41) is 5.40. The van der Waals surface area contributed by atoms with E-state index >= 15 is 0 Å². The van der Waals surface area contributed by atoms with Gasteiger partial charge in [-0.05, 0) is 48.9 Å². The van der Waals surface area contributed by atoms with Crippen molar-refractivity contribution in [2.75, 3.05) is 18.5 Å². The van der Waals surface area contributed by atoms with Crippen LogP contribution in [0.3, 0.4) is 0 Å². The molecule has 1 aliphatic rings. The monoisotopic (exact) mass is 523 g/mol. The zero-order chi connectivity index (χ0) is 26.4. The molecule has 2 N–H and O–H groups in total. The quantitative estimate of drug-likeness (QED) is 0.304. The summed E-state index contributed by atoms with van der Waals surface area (Å²) in [6.45, 7) is 1.87. The second kappa shape index (κ2) is 11.6.